The maximum absolute atomic E-state index is 7.95. The molecular weight excluding hydrogens is 194 g/mol. The fraction of sp³-hybridized carbons (Fsp3) is 0.0667. The molecule has 0 amide bonds. The van der Waals surface area contributed by atoms with E-state index in [-0.39, 0.29) is 0 Å². The van der Waals surface area contributed by atoms with Gasteiger partial charge in [-0.2, -0.15) is 0 Å². The van der Waals surface area contributed by atoms with Crippen molar-refractivity contribution in [3.05, 3.63) is 71.8 Å². The lowest BCUT2D eigenvalue weighted by Gasteiger charge is -2.19. The van der Waals surface area contributed by atoms with E-state index in [1.807, 2.05) is 60.7 Å². The molecule has 2 aromatic carbocycles. The number of anilines is 1. The van der Waals surface area contributed by atoms with Gasteiger partial charge >= 0.3 is 0 Å². The fourth-order valence-corrected chi connectivity index (χ4v) is 1.97. The van der Waals surface area contributed by atoms with Crippen LogP contribution in [0.25, 0.3) is 5.57 Å². The molecule has 0 aliphatic carbocycles. The summed E-state index contributed by atoms with van der Waals surface area (Å²) in [7, 11) is 0. The molecule has 0 fully saturated rings. The van der Waals surface area contributed by atoms with Crippen LogP contribution in [-0.4, -0.2) is 6.52 Å². The third-order valence-corrected chi connectivity index (χ3v) is 2.73. The topological polar surface area (TPSA) is 12.0 Å². The Labute approximate surface area is 98.3 Å². The molecular formula is C15H13N. The fourth-order valence-electron chi connectivity index (χ4n) is 1.97. The van der Waals surface area contributed by atoms with E-state index >= 15 is 0 Å². The van der Waals surface area contributed by atoms with Gasteiger partial charge in [0.15, 0.2) is 1.41 Å². The molecule has 78 valence electrons. The maximum atomic E-state index is 7.95. The number of hydrogen-bond donors (Lipinski definition) is 1. The summed E-state index contributed by atoms with van der Waals surface area (Å²) >= 11 is 0. The summed E-state index contributed by atoms with van der Waals surface area (Å²) < 4.78 is 15.9. The van der Waals surface area contributed by atoms with Crippen molar-refractivity contribution in [3.63, 3.8) is 0 Å². The Balaban J connectivity index is 2.18. The second-order valence-electron chi connectivity index (χ2n) is 3.74. The van der Waals surface area contributed by atoms with E-state index in [0.29, 0.717) is 0 Å². The monoisotopic (exact) mass is 209 g/mol. The van der Waals surface area contributed by atoms with E-state index in [2.05, 4.69) is 0 Å². The van der Waals surface area contributed by atoms with Crippen LogP contribution in [0.5, 0.6) is 0 Å². The first-order chi connectivity index (χ1) is 8.77. The molecule has 1 unspecified atom stereocenters. The van der Waals surface area contributed by atoms with Crippen LogP contribution >= 0.6 is 0 Å². The first-order valence-corrected chi connectivity index (χ1v) is 5.34. The van der Waals surface area contributed by atoms with Crippen molar-refractivity contribution in [2.45, 2.75) is 0 Å². The van der Waals surface area contributed by atoms with Gasteiger partial charge in [-0.3, -0.25) is 0 Å². The van der Waals surface area contributed by atoms with Crippen molar-refractivity contribution in [2.75, 3.05) is 11.8 Å². The van der Waals surface area contributed by atoms with Crippen LogP contribution in [0.4, 0.5) is 5.69 Å². The lowest BCUT2D eigenvalue weighted by Crippen LogP contribution is -2.08. The Morgan fingerprint density at radius 2 is 1.75 bits per heavy atom. The summed E-state index contributed by atoms with van der Waals surface area (Å²) in [6.07, 6.45) is 1.82. The molecule has 3 rings (SSSR count). The predicted octanol–water partition coefficient (Wildman–Crippen LogP) is 3.54. The van der Waals surface area contributed by atoms with Crippen LogP contribution in [0.1, 0.15) is 12.5 Å². The van der Waals surface area contributed by atoms with Crippen LogP contribution in [0.2, 0.25) is 1.41 Å². The molecule has 0 saturated heterocycles. The second kappa shape index (κ2) is 3.86. The highest BCUT2D eigenvalue weighted by Gasteiger charge is 2.12. The Hall–Kier alpha value is -2.02. The van der Waals surface area contributed by atoms with Crippen molar-refractivity contribution in [1.82, 2.24) is 0 Å². The van der Waals surface area contributed by atoms with E-state index in [0.717, 1.165) is 22.4 Å². The minimum atomic E-state index is -0.657. The Bertz CT molecular complexity index is 592. The molecule has 1 nitrogen and oxygen atoms in total. The average molecular weight is 209 g/mol. The standard InChI is InChI=1S/C15H13N/c1-2-6-12(7-3-1)13-10-11-16-15-9-5-4-8-14(13)15/h1-10,16H,11H2/i11D/hD. The number of hydrogen-bond acceptors (Lipinski definition) is 1. The normalized spacial score (nSPS) is 20.6. The van der Waals surface area contributed by atoms with Gasteiger partial charge in [0.25, 0.3) is 0 Å². The van der Waals surface area contributed by atoms with Crippen molar-refractivity contribution < 1.29 is 2.78 Å². The molecule has 0 saturated carbocycles. The number of fused-ring (bicyclic) bond motifs is 1. The maximum Gasteiger partial charge on any atom is 0.160 e. The lowest BCUT2D eigenvalue weighted by atomic mass is 9.94. The van der Waals surface area contributed by atoms with Gasteiger partial charge in [0, 0.05) is 17.8 Å². The summed E-state index contributed by atoms with van der Waals surface area (Å²) in [6, 6.07) is 17.8. The molecule has 1 aliphatic rings. The Kier molecular flexibility index (Phi) is 1.76. The molecule has 16 heavy (non-hydrogen) atoms. The minimum Gasteiger partial charge on any atom is -0.381 e. The summed E-state index contributed by atoms with van der Waals surface area (Å²) in [5.74, 6) is 0. The van der Waals surface area contributed by atoms with E-state index in [1.54, 1.807) is 0 Å². The van der Waals surface area contributed by atoms with E-state index in [1.165, 1.54) is 5.31 Å². The summed E-state index contributed by atoms with van der Waals surface area (Å²) in [5, 5.41) is 1.24. The van der Waals surface area contributed by atoms with Crippen molar-refractivity contribution in [1.29, 1.82) is 0 Å². The highest BCUT2D eigenvalue weighted by atomic mass is 14.9. The Morgan fingerprint density at radius 3 is 2.62 bits per heavy atom. The van der Waals surface area contributed by atoms with Gasteiger partial charge in [-0.15, -0.1) is 0 Å². The van der Waals surface area contributed by atoms with Gasteiger partial charge in [-0.05, 0) is 17.2 Å². The first-order valence-electron chi connectivity index (χ1n) is 6.37. The molecule has 2 aromatic rings. The number of benzene rings is 2. The van der Waals surface area contributed by atoms with Gasteiger partial charge < -0.3 is 5.31 Å². The SMILES string of the molecule is [2H]C1C=C(c2ccccc2)c2ccccc2N1[2H]. The van der Waals surface area contributed by atoms with Crippen LogP contribution in [0.15, 0.2) is 60.7 Å². The zero-order chi connectivity index (χ0) is 12.5. The summed E-state index contributed by atoms with van der Waals surface area (Å²) in [6.45, 7) is -0.657. The van der Waals surface area contributed by atoms with Gasteiger partial charge in [0.1, 0.15) is 0 Å². The first kappa shape index (κ1) is 7.29. The third-order valence-electron chi connectivity index (χ3n) is 2.73. The van der Waals surface area contributed by atoms with Gasteiger partial charge in [-0.1, -0.05) is 54.6 Å². The molecule has 0 spiro atoms. The van der Waals surface area contributed by atoms with Crippen LogP contribution in [0, 0.1) is 0 Å². The quantitative estimate of drug-likeness (QED) is 0.757. The zero-order valence-electron chi connectivity index (χ0n) is 10.8. The molecule has 1 N–H and O–H groups in total. The number of para-hydroxylation sites is 1. The van der Waals surface area contributed by atoms with Crippen molar-refractivity contribution >= 4 is 11.3 Å². The number of nitrogens with one attached hydrogen (secondary N) is 1. The van der Waals surface area contributed by atoms with Crippen molar-refractivity contribution in [2.24, 2.45) is 0 Å². The van der Waals surface area contributed by atoms with E-state index in [9.17, 15) is 0 Å². The molecule has 1 heteroatoms. The molecule has 1 aliphatic heterocycles. The summed E-state index contributed by atoms with van der Waals surface area (Å²) in [4.78, 5) is 0. The van der Waals surface area contributed by atoms with E-state index in [4.69, 9.17) is 2.78 Å². The van der Waals surface area contributed by atoms with Crippen LogP contribution in [0.3, 0.4) is 0 Å². The highest BCUT2D eigenvalue weighted by Crippen LogP contribution is 2.31. The van der Waals surface area contributed by atoms with E-state index < -0.39 is 6.52 Å². The van der Waals surface area contributed by atoms with Gasteiger partial charge in [0.2, 0.25) is 0 Å². The van der Waals surface area contributed by atoms with Crippen molar-refractivity contribution in [3.8, 4) is 0 Å². The van der Waals surface area contributed by atoms with Crippen LogP contribution < -0.4 is 5.31 Å². The smallest absolute Gasteiger partial charge is 0.160 e. The van der Waals surface area contributed by atoms with Gasteiger partial charge in [-0.25, -0.2) is 0 Å². The minimum absolute atomic E-state index is 0.657. The number of rotatable bonds is 1. The van der Waals surface area contributed by atoms with Crippen LogP contribution in [-0.2, 0) is 0 Å². The molecule has 0 aromatic heterocycles. The molecule has 0 radical (unpaired) electrons. The second-order valence-corrected chi connectivity index (χ2v) is 3.74. The summed E-state index contributed by atoms with van der Waals surface area (Å²) in [5.41, 5.74) is 3.94. The molecule has 1 heterocycles. The highest BCUT2D eigenvalue weighted by molar-refractivity contribution is 5.88. The molecule has 1 atom stereocenters. The third kappa shape index (κ3) is 1.50. The largest absolute Gasteiger partial charge is 0.381 e. The van der Waals surface area contributed by atoms with Gasteiger partial charge in [0.05, 0.1) is 1.37 Å². The Morgan fingerprint density at radius 1 is 1.00 bits per heavy atom. The molecule has 0 bridgehead atoms. The zero-order valence-corrected chi connectivity index (χ0v) is 8.80. The predicted molar refractivity (Wildman–Crippen MR) is 68.5 cm³/mol. The lowest BCUT2D eigenvalue weighted by molar-refractivity contribution is 1.29. The average Bonchev–Trinajstić information content (AvgIpc) is 2.44.